The van der Waals surface area contributed by atoms with Crippen LogP contribution < -0.4 is 4.90 Å². The number of aryl methyl sites for hydroxylation is 1. The number of benzene rings is 2. The van der Waals surface area contributed by atoms with Gasteiger partial charge in [-0.3, -0.25) is 0 Å². The molecule has 4 rings (SSSR count). The van der Waals surface area contributed by atoms with Crippen molar-refractivity contribution in [3.8, 4) is 11.3 Å². The molecule has 0 amide bonds. The second kappa shape index (κ2) is 7.87. The zero-order chi connectivity index (χ0) is 17.8. The zero-order valence-electron chi connectivity index (χ0n) is 14.9. The lowest BCUT2D eigenvalue weighted by Gasteiger charge is -2.19. The second-order valence-electron chi connectivity index (χ2n) is 6.56. The third-order valence-corrected chi connectivity index (χ3v) is 5.56. The van der Waals surface area contributed by atoms with Gasteiger partial charge < -0.3 is 4.90 Å². The van der Waals surface area contributed by atoms with Crippen molar-refractivity contribution in [2.45, 2.75) is 30.4 Å². The maximum absolute atomic E-state index is 4.90. The molecule has 2 aromatic carbocycles. The Morgan fingerprint density at radius 1 is 0.923 bits per heavy atom. The molecule has 4 nitrogen and oxygen atoms in total. The Morgan fingerprint density at radius 3 is 2.38 bits per heavy atom. The van der Waals surface area contributed by atoms with Gasteiger partial charge in [0.2, 0.25) is 0 Å². The van der Waals surface area contributed by atoms with Crippen molar-refractivity contribution < 1.29 is 0 Å². The summed E-state index contributed by atoms with van der Waals surface area (Å²) in [6.45, 7) is 4.19. The van der Waals surface area contributed by atoms with Crippen molar-refractivity contribution >= 4 is 17.6 Å². The van der Waals surface area contributed by atoms with Gasteiger partial charge in [0.1, 0.15) is 5.69 Å². The summed E-state index contributed by atoms with van der Waals surface area (Å²) >= 11 is 1.75. The van der Waals surface area contributed by atoms with Crippen LogP contribution in [-0.4, -0.2) is 28.3 Å². The SMILES string of the molecule is Cc1ccc(SCc2nnc(-c3ccccc3)c(N3CCCC3)n2)cc1. The van der Waals surface area contributed by atoms with E-state index in [2.05, 4.69) is 58.4 Å². The van der Waals surface area contributed by atoms with Gasteiger partial charge in [0.05, 0.1) is 5.75 Å². The van der Waals surface area contributed by atoms with Crippen LogP contribution in [0.2, 0.25) is 0 Å². The van der Waals surface area contributed by atoms with Crippen LogP contribution in [0.3, 0.4) is 0 Å². The highest BCUT2D eigenvalue weighted by Gasteiger charge is 2.20. The van der Waals surface area contributed by atoms with E-state index >= 15 is 0 Å². The fourth-order valence-electron chi connectivity index (χ4n) is 3.13. The first-order valence-corrected chi connectivity index (χ1v) is 10.0. The molecule has 1 aromatic heterocycles. The summed E-state index contributed by atoms with van der Waals surface area (Å²) in [6.07, 6.45) is 2.43. The number of nitrogens with zero attached hydrogens (tertiary/aromatic N) is 4. The van der Waals surface area contributed by atoms with Gasteiger partial charge in [-0.05, 0) is 31.9 Å². The van der Waals surface area contributed by atoms with Crippen LogP contribution >= 0.6 is 11.8 Å². The smallest absolute Gasteiger partial charge is 0.163 e. The molecule has 0 spiro atoms. The first-order valence-electron chi connectivity index (χ1n) is 9.03. The molecule has 1 saturated heterocycles. The standard InChI is InChI=1S/C21H22N4S/c1-16-9-11-18(12-10-16)26-15-19-22-21(25-13-5-6-14-25)20(24-23-19)17-7-3-2-4-8-17/h2-4,7-12H,5-6,13-15H2,1H3. The summed E-state index contributed by atoms with van der Waals surface area (Å²) in [5, 5.41) is 8.96. The van der Waals surface area contributed by atoms with Gasteiger partial charge in [-0.1, -0.05) is 48.0 Å². The normalized spacial score (nSPS) is 14.0. The molecule has 0 aliphatic carbocycles. The molecule has 2 heterocycles. The fourth-order valence-corrected chi connectivity index (χ4v) is 3.87. The highest BCUT2D eigenvalue weighted by Crippen LogP contribution is 2.30. The average molecular weight is 363 g/mol. The topological polar surface area (TPSA) is 41.9 Å². The van der Waals surface area contributed by atoms with Crippen molar-refractivity contribution in [1.82, 2.24) is 15.2 Å². The van der Waals surface area contributed by atoms with Gasteiger partial charge in [0, 0.05) is 23.5 Å². The van der Waals surface area contributed by atoms with E-state index < -0.39 is 0 Å². The Hall–Kier alpha value is -2.40. The molecule has 3 aromatic rings. The van der Waals surface area contributed by atoms with Gasteiger partial charge in [-0.15, -0.1) is 22.0 Å². The minimum absolute atomic E-state index is 0.728. The maximum atomic E-state index is 4.90. The van der Waals surface area contributed by atoms with E-state index in [9.17, 15) is 0 Å². The molecule has 1 fully saturated rings. The van der Waals surface area contributed by atoms with Gasteiger partial charge in [-0.25, -0.2) is 4.98 Å². The second-order valence-corrected chi connectivity index (χ2v) is 7.61. The lowest BCUT2D eigenvalue weighted by molar-refractivity contribution is 0.853. The molecule has 1 aliphatic rings. The molecule has 0 atom stereocenters. The van der Waals surface area contributed by atoms with E-state index in [-0.39, 0.29) is 0 Å². The van der Waals surface area contributed by atoms with Gasteiger partial charge >= 0.3 is 0 Å². The summed E-state index contributed by atoms with van der Waals surface area (Å²) in [7, 11) is 0. The summed E-state index contributed by atoms with van der Waals surface area (Å²) in [4.78, 5) is 8.47. The number of hydrogen-bond acceptors (Lipinski definition) is 5. The van der Waals surface area contributed by atoms with Crippen molar-refractivity contribution in [1.29, 1.82) is 0 Å². The van der Waals surface area contributed by atoms with Crippen LogP contribution in [0, 0.1) is 6.92 Å². The molecule has 26 heavy (non-hydrogen) atoms. The van der Waals surface area contributed by atoms with Crippen LogP contribution in [0.5, 0.6) is 0 Å². The lowest BCUT2D eigenvalue weighted by atomic mass is 10.1. The quantitative estimate of drug-likeness (QED) is 0.613. The van der Waals surface area contributed by atoms with E-state index in [0.717, 1.165) is 41.7 Å². The number of anilines is 1. The van der Waals surface area contributed by atoms with Gasteiger partial charge in [-0.2, -0.15) is 0 Å². The van der Waals surface area contributed by atoms with Crippen LogP contribution in [-0.2, 0) is 5.75 Å². The minimum Gasteiger partial charge on any atom is -0.355 e. The molecule has 0 saturated carbocycles. The predicted octanol–water partition coefficient (Wildman–Crippen LogP) is 4.74. The van der Waals surface area contributed by atoms with Crippen LogP contribution in [0.25, 0.3) is 11.3 Å². The largest absolute Gasteiger partial charge is 0.355 e. The maximum Gasteiger partial charge on any atom is 0.163 e. The Bertz CT molecular complexity index is 859. The first kappa shape index (κ1) is 17.0. The van der Waals surface area contributed by atoms with Gasteiger partial charge in [0.25, 0.3) is 0 Å². The molecule has 0 unspecified atom stereocenters. The molecule has 0 N–H and O–H groups in total. The van der Waals surface area contributed by atoms with Gasteiger partial charge in [0.15, 0.2) is 11.6 Å². The Kier molecular flexibility index (Phi) is 5.16. The van der Waals surface area contributed by atoms with E-state index in [1.165, 1.54) is 23.3 Å². The summed E-state index contributed by atoms with van der Waals surface area (Å²) in [6, 6.07) is 18.8. The Balaban J connectivity index is 1.60. The average Bonchev–Trinajstić information content (AvgIpc) is 3.23. The van der Waals surface area contributed by atoms with E-state index in [1.54, 1.807) is 11.8 Å². The van der Waals surface area contributed by atoms with Crippen LogP contribution in [0.1, 0.15) is 24.2 Å². The van der Waals surface area contributed by atoms with Crippen LogP contribution in [0.15, 0.2) is 59.5 Å². The molecule has 5 heteroatoms. The highest BCUT2D eigenvalue weighted by atomic mass is 32.2. The van der Waals surface area contributed by atoms with Crippen molar-refractivity contribution in [2.24, 2.45) is 0 Å². The molecule has 1 aliphatic heterocycles. The number of hydrogen-bond donors (Lipinski definition) is 0. The van der Waals surface area contributed by atoms with Crippen molar-refractivity contribution in [3.05, 3.63) is 66.0 Å². The summed E-state index contributed by atoms with van der Waals surface area (Å²) < 4.78 is 0. The van der Waals surface area contributed by atoms with E-state index in [0.29, 0.717) is 0 Å². The number of rotatable bonds is 5. The van der Waals surface area contributed by atoms with Crippen molar-refractivity contribution in [3.63, 3.8) is 0 Å². The van der Waals surface area contributed by atoms with Crippen LogP contribution in [0.4, 0.5) is 5.82 Å². The monoisotopic (exact) mass is 362 g/mol. The predicted molar refractivity (Wildman–Crippen MR) is 107 cm³/mol. The molecule has 0 bridgehead atoms. The number of aromatic nitrogens is 3. The summed E-state index contributed by atoms with van der Waals surface area (Å²) in [5.41, 5.74) is 3.24. The molecule has 0 radical (unpaired) electrons. The molecular formula is C21H22N4S. The first-order chi connectivity index (χ1) is 12.8. The van der Waals surface area contributed by atoms with Crippen molar-refractivity contribution in [2.75, 3.05) is 18.0 Å². The Morgan fingerprint density at radius 2 is 1.65 bits per heavy atom. The van der Waals surface area contributed by atoms with E-state index in [1.807, 2.05) is 18.2 Å². The van der Waals surface area contributed by atoms with E-state index in [4.69, 9.17) is 4.98 Å². The highest BCUT2D eigenvalue weighted by molar-refractivity contribution is 7.98. The lowest BCUT2D eigenvalue weighted by Crippen LogP contribution is -2.21. The third kappa shape index (κ3) is 3.88. The fraction of sp³-hybridized carbons (Fsp3) is 0.286. The number of thioether (sulfide) groups is 1. The molecule has 132 valence electrons. The molecular weight excluding hydrogens is 340 g/mol. The summed E-state index contributed by atoms with van der Waals surface area (Å²) in [5.74, 6) is 2.49. The zero-order valence-corrected chi connectivity index (χ0v) is 15.7. The Labute approximate surface area is 158 Å². The third-order valence-electron chi connectivity index (χ3n) is 4.55. The minimum atomic E-state index is 0.728.